The third-order valence-corrected chi connectivity index (χ3v) is 7.02. The molecule has 0 spiro atoms. The molecule has 0 radical (unpaired) electrons. The number of aliphatic imine (C=N–C) groups is 1. The molecule has 40 heavy (non-hydrogen) atoms. The number of carbonyl (C=O) groups is 2. The number of carboxylic acids is 1. The number of hydrogen-bond acceptors (Lipinski definition) is 6. The van der Waals surface area contributed by atoms with Gasteiger partial charge in [0.25, 0.3) is 0 Å². The number of benzene rings is 3. The first kappa shape index (κ1) is 27.2. The predicted octanol–water partition coefficient (Wildman–Crippen LogP) is 5.67. The first-order chi connectivity index (χ1) is 18.9. The van der Waals surface area contributed by atoms with Crippen molar-refractivity contribution in [2.75, 3.05) is 19.0 Å². The van der Waals surface area contributed by atoms with E-state index >= 15 is 0 Å². The SMILES string of the molecule is COc1cc2c(c3c1OC(C)(C)C3)C(c1ccc(OCC(=O)O)c(-c3ccc(NC(C)=O)cc3)c1)=NC(C)(C)C2. The number of nitrogens with one attached hydrogen (secondary N) is 1. The predicted molar refractivity (Wildman–Crippen MR) is 154 cm³/mol. The number of methoxy groups -OCH3 is 1. The van der Waals surface area contributed by atoms with Gasteiger partial charge >= 0.3 is 5.97 Å². The number of ether oxygens (including phenoxy) is 3. The summed E-state index contributed by atoms with van der Waals surface area (Å²) in [5, 5.41) is 12.0. The van der Waals surface area contributed by atoms with Crippen molar-refractivity contribution in [2.45, 2.75) is 58.6 Å². The second-order valence-electron chi connectivity index (χ2n) is 11.6. The van der Waals surface area contributed by atoms with E-state index in [4.69, 9.17) is 19.2 Å². The molecule has 0 fully saturated rings. The number of amides is 1. The maximum Gasteiger partial charge on any atom is 0.341 e. The molecule has 8 nitrogen and oxygen atoms in total. The summed E-state index contributed by atoms with van der Waals surface area (Å²) < 4.78 is 17.8. The van der Waals surface area contributed by atoms with Crippen LogP contribution in [0.15, 0.2) is 53.5 Å². The van der Waals surface area contributed by atoms with Crippen LogP contribution in [-0.2, 0) is 22.4 Å². The highest BCUT2D eigenvalue weighted by Gasteiger charge is 2.39. The second kappa shape index (κ2) is 10.0. The van der Waals surface area contributed by atoms with Gasteiger partial charge in [-0.15, -0.1) is 0 Å². The van der Waals surface area contributed by atoms with E-state index in [0.29, 0.717) is 11.4 Å². The topological polar surface area (TPSA) is 106 Å². The summed E-state index contributed by atoms with van der Waals surface area (Å²) in [7, 11) is 1.67. The Morgan fingerprint density at radius 3 is 2.35 bits per heavy atom. The third kappa shape index (κ3) is 5.39. The molecule has 1 amide bonds. The minimum absolute atomic E-state index is 0.159. The van der Waals surface area contributed by atoms with Gasteiger partial charge in [0.1, 0.15) is 11.4 Å². The maximum atomic E-state index is 11.5. The smallest absolute Gasteiger partial charge is 0.341 e. The van der Waals surface area contributed by atoms with E-state index in [9.17, 15) is 14.7 Å². The van der Waals surface area contributed by atoms with Crippen LogP contribution in [0.25, 0.3) is 11.1 Å². The summed E-state index contributed by atoms with van der Waals surface area (Å²) in [6.45, 7) is 9.36. The van der Waals surface area contributed by atoms with E-state index in [0.717, 1.165) is 63.4 Å². The first-order valence-corrected chi connectivity index (χ1v) is 13.2. The maximum absolute atomic E-state index is 11.5. The van der Waals surface area contributed by atoms with Crippen LogP contribution in [0.5, 0.6) is 17.2 Å². The molecule has 0 aromatic heterocycles. The lowest BCUT2D eigenvalue weighted by molar-refractivity contribution is -0.139. The average Bonchev–Trinajstić information content (AvgIpc) is 3.20. The Labute approximate surface area is 234 Å². The lowest BCUT2D eigenvalue weighted by Crippen LogP contribution is -2.30. The van der Waals surface area contributed by atoms with Crippen molar-refractivity contribution in [3.8, 4) is 28.4 Å². The Balaban J connectivity index is 1.67. The van der Waals surface area contributed by atoms with Crippen LogP contribution in [0.1, 0.15) is 56.9 Å². The highest BCUT2D eigenvalue weighted by molar-refractivity contribution is 6.16. The van der Waals surface area contributed by atoms with Crippen molar-refractivity contribution in [2.24, 2.45) is 4.99 Å². The molecule has 2 heterocycles. The molecule has 2 aliphatic heterocycles. The number of carboxylic acid groups (broad SMARTS) is 1. The van der Waals surface area contributed by atoms with Gasteiger partial charge in [-0.3, -0.25) is 9.79 Å². The molecule has 3 aromatic carbocycles. The molecule has 0 atom stereocenters. The Bertz CT molecular complexity index is 1540. The van der Waals surface area contributed by atoms with Crippen molar-refractivity contribution in [3.63, 3.8) is 0 Å². The van der Waals surface area contributed by atoms with Crippen molar-refractivity contribution >= 4 is 23.3 Å². The lowest BCUT2D eigenvalue weighted by atomic mass is 9.80. The quantitative estimate of drug-likeness (QED) is 0.399. The molecule has 0 saturated heterocycles. The van der Waals surface area contributed by atoms with Gasteiger partial charge in [-0.05, 0) is 81.6 Å². The molecule has 0 aliphatic carbocycles. The van der Waals surface area contributed by atoms with E-state index in [1.807, 2.05) is 24.3 Å². The fourth-order valence-corrected chi connectivity index (χ4v) is 5.53. The summed E-state index contributed by atoms with van der Waals surface area (Å²) in [5.41, 5.74) is 6.51. The molecule has 0 bridgehead atoms. The van der Waals surface area contributed by atoms with Crippen LogP contribution in [0.4, 0.5) is 5.69 Å². The van der Waals surface area contributed by atoms with Crippen molar-refractivity contribution in [1.29, 1.82) is 0 Å². The highest BCUT2D eigenvalue weighted by Crippen LogP contribution is 2.48. The fraction of sp³-hybridized carbons (Fsp3) is 0.344. The van der Waals surface area contributed by atoms with E-state index in [-0.39, 0.29) is 17.0 Å². The zero-order valence-electron chi connectivity index (χ0n) is 23.7. The van der Waals surface area contributed by atoms with E-state index in [2.05, 4.69) is 39.1 Å². The molecule has 208 valence electrons. The molecule has 5 rings (SSSR count). The van der Waals surface area contributed by atoms with Gasteiger partial charge in [0.15, 0.2) is 18.1 Å². The molecule has 2 aliphatic rings. The summed E-state index contributed by atoms with van der Waals surface area (Å²) >= 11 is 0. The van der Waals surface area contributed by atoms with Crippen LogP contribution in [0, 0.1) is 0 Å². The fourth-order valence-electron chi connectivity index (χ4n) is 5.53. The van der Waals surface area contributed by atoms with Crippen LogP contribution in [0.3, 0.4) is 0 Å². The van der Waals surface area contributed by atoms with Crippen LogP contribution in [-0.4, -0.2) is 47.6 Å². The monoisotopic (exact) mass is 542 g/mol. The number of anilines is 1. The zero-order chi connectivity index (χ0) is 28.8. The van der Waals surface area contributed by atoms with Gasteiger partial charge in [0.05, 0.1) is 18.4 Å². The average molecular weight is 543 g/mol. The van der Waals surface area contributed by atoms with E-state index in [1.165, 1.54) is 6.92 Å². The number of aliphatic carboxylic acids is 1. The Morgan fingerprint density at radius 1 is 1.00 bits per heavy atom. The number of rotatable bonds is 7. The summed E-state index contributed by atoms with van der Waals surface area (Å²) in [6.07, 6.45) is 1.48. The number of nitrogens with zero attached hydrogens (tertiary/aromatic N) is 1. The van der Waals surface area contributed by atoms with Crippen LogP contribution < -0.4 is 19.5 Å². The number of carbonyl (C=O) groups excluding carboxylic acids is 1. The van der Waals surface area contributed by atoms with Gasteiger partial charge in [-0.2, -0.15) is 0 Å². The standard InChI is InChI=1S/C32H34N2O6/c1-18(35)33-22-10-7-19(8-11-22)23-13-20(9-12-25(23)39-17-27(36)37)29-28-21(15-31(2,3)34-29)14-26(38-6)30-24(28)16-32(4,5)40-30/h7-14H,15-17H2,1-6H3,(H,33,35)(H,36,37). The lowest BCUT2D eigenvalue weighted by Gasteiger charge is -2.31. The number of fused-ring (bicyclic) bond motifs is 3. The summed E-state index contributed by atoms with van der Waals surface area (Å²) in [5.74, 6) is 0.713. The number of hydrogen-bond donors (Lipinski definition) is 2. The molecule has 8 heteroatoms. The Morgan fingerprint density at radius 2 is 1.70 bits per heavy atom. The minimum atomic E-state index is -1.06. The van der Waals surface area contributed by atoms with Gasteiger partial charge in [0, 0.05) is 41.3 Å². The largest absolute Gasteiger partial charge is 0.493 e. The zero-order valence-corrected chi connectivity index (χ0v) is 23.7. The van der Waals surface area contributed by atoms with E-state index in [1.54, 1.807) is 25.3 Å². The molecular weight excluding hydrogens is 508 g/mol. The van der Waals surface area contributed by atoms with Crippen molar-refractivity contribution < 1.29 is 28.9 Å². The molecular formula is C32H34N2O6. The van der Waals surface area contributed by atoms with Crippen LogP contribution in [0.2, 0.25) is 0 Å². The Kier molecular flexibility index (Phi) is 6.82. The third-order valence-electron chi connectivity index (χ3n) is 7.02. The normalized spacial score (nSPS) is 16.2. The van der Waals surface area contributed by atoms with Gasteiger partial charge in [0.2, 0.25) is 5.91 Å². The highest BCUT2D eigenvalue weighted by atomic mass is 16.5. The van der Waals surface area contributed by atoms with Crippen molar-refractivity contribution in [3.05, 3.63) is 70.8 Å². The van der Waals surface area contributed by atoms with Crippen molar-refractivity contribution in [1.82, 2.24) is 0 Å². The molecule has 0 saturated carbocycles. The Hall–Kier alpha value is -4.33. The molecule has 2 N–H and O–H groups in total. The van der Waals surface area contributed by atoms with E-state index < -0.39 is 12.6 Å². The van der Waals surface area contributed by atoms with Gasteiger partial charge in [-0.25, -0.2) is 4.79 Å². The van der Waals surface area contributed by atoms with Gasteiger partial charge < -0.3 is 24.6 Å². The molecule has 0 unspecified atom stereocenters. The first-order valence-electron chi connectivity index (χ1n) is 13.2. The second-order valence-corrected chi connectivity index (χ2v) is 11.6. The minimum Gasteiger partial charge on any atom is -0.493 e. The molecule has 3 aromatic rings. The van der Waals surface area contributed by atoms with Gasteiger partial charge in [-0.1, -0.05) is 12.1 Å². The summed E-state index contributed by atoms with van der Waals surface area (Å²) in [6, 6.07) is 15.1. The summed E-state index contributed by atoms with van der Waals surface area (Å²) in [4.78, 5) is 28.0. The van der Waals surface area contributed by atoms with Crippen LogP contribution >= 0.6 is 0 Å².